The Bertz CT molecular complexity index is 741. The molecule has 0 aliphatic carbocycles. The van der Waals surface area contributed by atoms with E-state index >= 15 is 0 Å². The molecule has 0 radical (unpaired) electrons. The second-order valence-corrected chi connectivity index (χ2v) is 9.49. The first-order valence-corrected chi connectivity index (χ1v) is 13.9. The van der Waals surface area contributed by atoms with Crippen LogP contribution in [0.1, 0.15) is 96.8 Å². The monoisotopic (exact) mass is 458 g/mol. The van der Waals surface area contributed by atoms with Crippen molar-refractivity contribution in [1.82, 2.24) is 0 Å². The lowest BCUT2D eigenvalue weighted by Gasteiger charge is -2.13. The van der Waals surface area contributed by atoms with E-state index in [1.807, 2.05) is 42.5 Å². The molecule has 1 N–H and O–H groups in total. The van der Waals surface area contributed by atoms with E-state index in [4.69, 9.17) is 9.05 Å². The summed E-state index contributed by atoms with van der Waals surface area (Å²) in [7, 11) is -1.88. The van der Waals surface area contributed by atoms with Crippen LogP contribution in [0.2, 0.25) is 0 Å². The van der Waals surface area contributed by atoms with Crippen LogP contribution in [0.5, 0.6) is 5.75 Å². The second kappa shape index (κ2) is 18.1. The van der Waals surface area contributed by atoms with Gasteiger partial charge in [0, 0.05) is 5.39 Å². The molecule has 0 aromatic heterocycles. The van der Waals surface area contributed by atoms with Crippen LogP contribution < -0.4 is 4.52 Å². The highest BCUT2D eigenvalue weighted by Gasteiger charge is 2.11. The van der Waals surface area contributed by atoms with Gasteiger partial charge in [0.05, 0.1) is 6.61 Å². The number of hydrogen-bond donors (Lipinski definition) is 1. The molecule has 32 heavy (non-hydrogen) atoms. The summed E-state index contributed by atoms with van der Waals surface area (Å²) in [6.07, 6.45) is 22.7. The van der Waals surface area contributed by atoms with Crippen LogP contribution >= 0.6 is 8.60 Å². The molecule has 0 aliphatic heterocycles. The van der Waals surface area contributed by atoms with Crippen molar-refractivity contribution in [1.29, 1.82) is 0 Å². The van der Waals surface area contributed by atoms with Crippen LogP contribution in [0.15, 0.2) is 54.6 Å². The van der Waals surface area contributed by atoms with Crippen LogP contribution in [0, 0.1) is 0 Å². The first kappa shape index (κ1) is 26.8. The number of rotatable bonds is 19. The second-order valence-electron chi connectivity index (χ2n) is 8.58. The zero-order chi connectivity index (χ0) is 22.7. The van der Waals surface area contributed by atoms with Gasteiger partial charge in [0.1, 0.15) is 5.75 Å². The highest BCUT2D eigenvalue weighted by Crippen LogP contribution is 2.38. The fraction of sp³-hybridized carbons (Fsp3) is 0.571. The Labute approximate surface area is 197 Å². The quantitative estimate of drug-likeness (QED) is 0.129. The predicted octanol–water partition coefficient (Wildman–Crippen LogP) is 9.49. The van der Waals surface area contributed by atoms with Crippen molar-refractivity contribution in [3.8, 4) is 5.75 Å². The smallest absolute Gasteiger partial charge is 0.394 e. The van der Waals surface area contributed by atoms with Gasteiger partial charge in [0.2, 0.25) is 0 Å². The minimum Gasteiger partial charge on any atom is -0.426 e. The van der Waals surface area contributed by atoms with E-state index in [9.17, 15) is 4.89 Å². The summed E-state index contributed by atoms with van der Waals surface area (Å²) < 4.78 is 11.2. The third-order valence-electron chi connectivity index (χ3n) is 5.78. The van der Waals surface area contributed by atoms with Crippen LogP contribution in [-0.2, 0) is 4.52 Å². The molecular formula is C28H43O3P. The molecule has 178 valence electrons. The summed E-state index contributed by atoms with van der Waals surface area (Å²) in [5, 5.41) is 2.10. The van der Waals surface area contributed by atoms with Gasteiger partial charge in [0.25, 0.3) is 0 Å². The Morgan fingerprint density at radius 3 is 2.03 bits per heavy atom. The number of hydrogen-bond acceptors (Lipinski definition) is 3. The minimum absolute atomic E-state index is 0.550. The normalized spacial score (nSPS) is 12.6. The maximum Gasteiger partial charge on any atom is 0.394 e. The van der Waals surface area contributed by atoms with Crippen LogP contribution in [0.25, 0.3) is 10.8 Å². The molecule has 0 saturated heterocycles. The Morgan fingerprint density at radius 2 is 1.31 bits per heavy atom. The van der Waals surface area contributed by atoms with Gasteiger partial charge >= 0.3 is 8.60 Å². The molecule has 2 aromatic carbocycles. The van der Waals surface area contributed by atoms with Crippen LogP contribution in [0.4, 0.5) is 0 Å². The van der Waals surface area contributed by atoms with Crippen molar-refractivity contribution in [2.45, 2.75) is 96.8 Å². The van der Waals surface area contributed by atoms with Gasteiger partial charge in [-0.25, -0.2) is 0 Å². The van der Waals surface area contributed by atoms with Gasteiger partial charge in [-0.15, -0.1) is 0 Å². The lowest BCUT2D eigenvalue weighted by molar-refractivity contribution is 0.254. The average molecular weight is 459 g/mol. The van der Waals surface area contributed by atoms with Crippen molar-refractivity contribution >= 4 is 19.4 Å². The topological polar surface area (TPSA) is 38.7 Å². The highest BCUT2D eigenvalue weighted by atomic mass is 31.2. The lowest BCUT2D eigenvalue weighted by Crippen LogP contribution is -1.95. The van der Waals surface area contributed by atoms with Crippen molar-refractivity contribution in [3.05, 3.63) is 54.6 Å². The van der Waals surface area contributed by atoms with Crippen molar-refractivity contribution < 1.29 is 13.9 Å². The number of benzene rings is 2. The number of unbranched alkanes of at least 4 members (excludes halogenated alkanes) is 12. The molecule has 1 atom stereocenters. The van der Waals surface area contributed by atoms with Gasteiger partial charge in [0.15, 0.2) is 0 Å². The van der Waals surface area contributed by atoms with E-state index in [1.54, 1.807) is 0 Å². The highest BCUT2D eigenvalue weighted by molar-refractivity contribution is 7.41. The van der Waals surface area contributed by atoms with Crippen molar-refractivity contribution in [2.75, 3.05) is 6.61 Å². The molecule has 0 fully saturated rings. The minimum atomic E-state index is -1.88. The molecular weight excluding hydrogens is 415 g/mol. The van der Waals surface area contributed by atoms with Gasteiger partial charge in [-0.2, -0.15) is 0 Å². The molecule has 0 amide bonds. The molecule has 0 spiro atoms. The molecule has 3 nitrogen and oxygen atoms in total. The van der Waals surface area contributed by atoms with E-state index in [0.29, 0.717) is 12.4 Å². The molecule has 0 saturated carbocycles. The van der Waals surface area contributed by atoms with Gasteiger partial charge in [-0.1, -0.05) is 113 Å². The van der Waals surface area contributed by atoms with Crippen molar-refractivity contribution in [3.63, 3.8) is 0 Å². The summed E-state index contributed by atoms with van der Waals surface area (Å²) in [6.45, 7) is 2.82. The van der Waals surface area contributed by atoms with Crippen LogP contribution in [-0.4, -0.2) is 11.5 Å². The van der Waals surface area contributed by atoms with E-state index < -0.39 is 8.60 Å². The molecule has 1 unspecified atom stereocenters. The molecule has 2 rings (SSSR count). The number of allylic oxidation sites excluding steroid dienone is 2. The molecule has 4 heteroatoms. The molecule has 0 heterocycles. The zero-order valence-corrected chi connectivity index (χ0v) is 20.9. The predicted molar refractivity (Wildman–Crippen MR) is 139 cm³/mol. The lowest BCUT2D eigenvalue weighted by atomic mass is 10.1. The third kappa shape index (κ3) is 12.0. The maximum absolute atomic E-state index is 10.1. The zero-order valence-electron chi connectivity index (χ0n) is 20.0. The fourth-order valence-electron chi connectivity index (χ4n) is 3.88. The summed E-state index contributed by atoms with van der Waals surface area (Å²) in [6, 6.07) is 13.9. The molecule has 0 bridgehead atoms. The Hall–Kier alpha value is -1.41. The van der Waals surface area contributed by atoms with E-state index in [2.05, 4.69) is 19.1 Å². The molecule has 2 aromatic rings. The summed E-state index contributed by atoms with van der Waals surface area (Å²) in [5.41, 5.74) is 0. The molecule has 0 aliphatic rings. The third-order valence-corrected chi connectivity index (χ3v) is 6.54. The van der Waals surface area contributed by atoms with Gasteiger partial charge in [-0.3, -0.25) is 0 Å². The first-order valence-electron chi connectivity index (χ1n) is 12.7. The summed E-state index contributed by atoms with van der Waals surface area (Å²) in [5.74, 6) is 0.678. The summed E-state index contributed by atoms with van der Waals surface area (Å²) >= 11 is 0. The van der Waals surface area contributed by atoms with Gasteiger partial charge in [-0.05, 0) is 43.6 Å². The SMILES string of the molecule is CCCCCCCC/C=C\CCCCCCCCOP(O)Oc1cccc2ccccc12. The van der Waals surface area contributed by atoms with Crippen LogP contribution in [0.3, 0.4) is 0 Å². The largest absolute Gasteiger partial charge is 0.426 e. The standard InChI is InChI=1S/C28H43O3P/c1-2-3-4-5-6-7-8-9-10-11-12-13-14-15-16-19-25-30-32(29)31-28-24-20-22-26-21-17-18-23-27(26)28/h9-10,17-18,20-24,29H,2-8,11-16,19,25H2,1H3/b10-9-. The summed E-state index contributed by atoms with van der Waals surface area (Å²) in [4.78, 5) is 10.1. The number of fused-ring (bicyclic) bond motifs is 1. The Kier molecular flexibility index (Phi) is 15.2. The van der Waals surface area contributed by atoms with E-state index in [1.165, 1.54) is 77.0 Å². The first-order chi connectivity index (χ1) is 15.8. The Balaban J connectivity index is 1.39. The maximum atomic E-state index is 10.1. The van der Waals surface area contributed by atoms with E-state index in [0.717, 1.165) is 23.6 Å². The van der Waals surface area contributed by atoms with E-state index in [-0.39, 0.29) is 0 Å². The average Bonchev–Trinajstić information content (AvgIpc) is 2.81. The fourth-order valence-corrected chi connectivity index (χ4v) is 4.54. The Morgan fingerprint density at radius 1 is 0.719 bits per heavy atom. The van der Waals surface area contributed by atoms with Crippen molar-refractivity contribution in [2.24, 2.45) is 0 Å². The van der Waals surface area contributed by atoms with Gasteiger partial charge < -0.3 is 13.9 Å².